The Kier molecular flexibility index (Phi) is 7.67. The molecule has 0 aromatic heterocycles. The number of ketones is 2. The number of aliphatic hydroxyl groups excluding tert-OH is 3. The van der Waals surface area contributed by atoms with Crippen molar-refractivity contribution in [3.05, 3.63) is 45.7 Å². The van der Waals surface area contributed by atoms with Gasteiger partial charge in [-0.15, -0.1) is 0 Å². The highest BCUT2D eigenvalue weighted by Crippen LogP contribution is 2.52. The van der Waals surface area contributed by atoms with Crippen molar-refractivity contribution < 1.29 is 44.7 Å². The number of hydrogen-bond donors (Lipinski definition) is 6. The molecule has 3 aliphatic carbocycles. The molecule has 1 amide bonds. The van der Waals surface area contributed by atoms with Gasteiger partial charge in [0.2, 0.25) is 5.78 Å². The summed E-state index contributed by atoms with van der Waals surface area (Å²) in [6, 6.07) is 3.06. The number of carbonyl (C=O) groups is 3. The van der Waals surface area contributed by atoms with E-state index in [9.17, 15) is 39.9 Å². The van der Waals surface area contributed by atoms with Gasteiger partial charge >= 0.3 is 0 Å². The highest BCUT2D eigenvalue weighted by atomic mass is 16.6. The summed E-state index contributed by atoms with van der Waals surface area (Å²) >= 11 is 0. The van der Waals surface area contributed by atoms with E-state index in [1.807, 2.05) is 19.0 Å². The molecule has 206 valence electrons. The lowest BCUT2D eigenvalue weighted by atomic mass is 9.59. The molecule has 0 heterocycles. The van der Waals surface area contributed by atoms with Crippen molar-refractivity contribution in [2.75, 3.05) is 27.2 Å². The predicted molar refractivity (Wildman–Crippen MR) is 135 cm³/mol. The summed E-state index contributed by atoms with van der Waals surface area (Å²) in [5.41, 5.74) is 2.99. The van der Waals surface area contributed by atoms with Gasteiger partial charge in [-0.05, 0) is 69.4 Å². The van der Waals surface area contributed by atoms with E-state index in [2.05, 4.69) is 0 Å². The first-order valence-electron chi connectivity index (χ1n) is 12.6. The fourth-order valence-electron chi connectivity index (χ4n) is 5.88. The van der Waals surface area contributed by atoms with Gasteiger partial charge in [0.1, 0.15) is 22.8 Å². The molecule has 0 saturated heterocycles. The van der Waals surface area contributed by atoms with E-state index in [4.69, 9.17) is 10.5 Å². The van der Waals surface area contributed by atoms with Gasteiger partial charge in [-0.3, -0.25) is 14.4 Å². The lowest BCUT2D eigenvalue weighted by Gasteiger charge is -2.46. The van der Waals surface area contributed by atoms with Crippen LogP contribution in [0.15, 0.2) is 29.0 Å². The molecule has 0 radical (unpaired) electrons. The van der Waals surface area contributed by atoms with Crippen molar-refractivity contribution in [3.8, 4) is 5.75 Å². The van der Waals surface area contributed by atoms with Gasteiger partial charge in [0.05, 0.1) is 12.2 Å². The molecule has 4 rings (SSSR count). The number of rotatable bonds is 9. The van der Waals surface area contributed by atoms with Crippen molar-refractivity contribution in [1.29, 1.82) is 0 Å². The monoisotopic (exact) mass is 530 g/mol. The fourth-order valence-corrected chi connectivity index (χ4v) is 5.88. The number of aromatic hydroxyl groups is 1. The number of benzene rings is 1. The number of primary amides is 1. The molecule has 1 fully saturated rings. The number of hydrogen-bond acceptors (Lipinski definition) is 10. The zero-order valence-electron chi connectivity index (χ0n) is 21.4. The molecule has 1 aromatic rings. The molecule has 7 N–H and O–H groups in total. The lowest BCUT2D eigenvalue weighted by Crippen LogP contribution is -2.58. The molecule has 11 nitrogen and oxygen atoms in total. The summed E-state index contributed by atoms with van der Waals surface area (Å²) in [7, 11) is 3.90. The van der Waals surface area contributed by atoms with Crippen LogP contribution in [0.25, 0.3) is 5.76 Å². The number of phenols is 1. The Morgan fingerprint density at radius 3 is 2.58 bits per heavy atom. The van der Waals surface area contributed by atoms with Gasteiger partial charge in [0.15, 0.2) is 17.7 Å². The van der Waals surface area contributed by atoms with Gasteiger partial charge in [-0.25, -0.2) is 0 Å². The highest BCUT2D eigenvalue weighted by Gasteiger charge is 2.60. The van der Waals surface area contributed by atoms with Crippen LogP contribution in [-0.2, 0) is 32.0 Å². The zero-order chi connectivity index (χ0) is 27.9. The first-order chi connectivity index (χ1) is 17.9. The van der Waals surface area contributed by atoms with E-state index in [1.165, 1.54) is 6.07 Å². The number of ether oxygens (including phenoxy) is 1. The van der Waals surface area contributed by atoms with Crippen molar-refractivity contribution >= 4 is 23.2 Å². The van der Waals surface area contributed by atoms with Crippen molar-refractivity contribution in [1.82, 2.24) is 4.90 Å². The summed E-state index contributed by atoms with van der Waals surface area (Å²) in [6.45, 7) is 1.22. The number of Topliss-reactive ketones (excluding diaryl/α,β-unsaturated/α-hetero) is 2. The minimum Gasteiger partial charge on any atom is -0.508 e. The minimum absolute atomic E-state index is 0.0380. The Hall–Kier alpha value is -3.25. The Morgan fingerprint density at radius 2 is 1.92 bits per heavy atom. The Balaban J connectivity index is 1.63. The topological polar surface area (TPSA) is 191 Å². The summed E-state index contributed by atoms with van der Waals surface area (Å²) in [5.74, 6) is -6.58. The Morgan fingerprint density at radius 1 is 1.21 bits per heavy atom. The number of amides is 1. The van der Waals surface area contributed by atoms with Gasteiger partial charge in [0.25, 0.3) is 5.91 Å². The van der Waals surface area contributed by atoms with Crippen LogP contribution in [0.4, 0.5) is 0 Å². The van der Waals surface area contributed by atoms with Crippen molar-refractivity contribution in [2.45, 2.75) is 50.4 Å². The highest BCUT2D eigenvalue weighted by molar-refractivity contribution is 6.22. The molecule has 1 saturated carbocycles. The molecule has 11 heteroatoms. The quantitative estimate of drug-likeness (QED) is 0.150. The van der Waals surface area contributed by atoms with Crippen LogP contribution in [-0.4, -0.2) is 87.0 Å². The third kappa shape index (κ3) is 4.71. The van der Waals surface area contributed by atoms with Crippen LogP contribution in [0.3, 0.4) is 0 Å². The second-order valence-electron chi connectivity index (χ2n) is 10.5. The molecular formula is C27H34N2O9. The SMILES string of the molecule is CN(C)CCCOC(O)CCc1ccc(O)c2c1C[C@H]1C[C@H]3CC(=O)C(C(N)=O)=C(O)[C@@]3(O)C(=O)C1=C2O. The van der Waals surface area contributed by atoms with Gasteiger partial charge in [-0.2, -0.15) is 0 Å². The zero-order valence-corrected chi connectivity index (χ0v) is 21.4. The van der Waals surface area contributed by atoms with Crippen LogP contribution in [0.1, 0.15) is 42.4 Å². The van der Waals surface area contributed by atoms with Crippen LogP contribution in [0, 0.1) is 11.8 Å². The van der Waals surface area contributed by atoms with Crippen LogP contribution in [0.5, 0.6) is 5.75 Å². The molecular weight excluding hydrogens is 496 g/mol. The molecule has 1 aromatic carbocycles. The summed E-state index contributed by atoms with van der Waals surface area (Å²) in [6.07, 6.45) is 0.319. The van der Waals surface area contributed by atoms with E-state index >= 15 is 0 Å². The van der Waals surface area contributed by atoms with Gasteiger partial charge < -0.3 is 40.9 Å². The number of nitrogens with zero attached hydrogens (tertiary/aromatic N) is 1. The van der Waals surface area contributed by atoms with E-state index in [0.717, 1.165) is 18.5 Å². The molecule has 3 aliphatic rings. The van der Waals surface area contributed by atoms with Gasteiger partial charge in [-0.1, -0.05) is 6.07 Å². The number of aryl methyl sites for hydroxylation is 1. The average molecular weight is 531 g/mol. The van der Waals surface area contributed by atoms with E-state index in [1.54, 1.807) is 6.07 Å². The number of nitrogens with two attached hydrogens (primary N) is 1. The first kappa shape index (κ1) is 27.8. The Bertz CT molecular complexity index is 1240. The minimum atomic E-state index is -2.59. The Labute approximate surface area is 219 Å². The molecule has 0 bridgehead atoms. The predicted octanol–water partition coefficient (Wildman–Crippen LogP) is 0.643. The van der Waals surface area contributed by atoms with Crippen molar-refractivity contribution in [3.63, 3.8) is 0 Å². The number of carbonyl (C=O) groups excluding carboxylic acids is 3. The maximum absolute atomic E-state index is 13.5. The number of phenolic OH excluding ortho intramolecular Hbond substituents is 1. The van der Waals surface area contributed by atoms with E-state index < -0.39 is 58.3 Å². The second kappa shape index (κ2) is 10.5. The second-order valence-corrected chi connectivity index (χ2v) is 10.5. The van der Waals surface area contributed by atoms with E-state index in [0.29, 0.717) is 18.6 Å². The standard InChI is InChI=1S/C27H34N2O9/c1-29(2)8-3-9-38-19(32)7-5-13-4-6-17(30)21-16(13)11-14-10-15-12-18(31)22(26(28)36)25(35)27(15,37)24(34)20(14)23(21)33/h4,6,14-15,19,30,32-33,35,37H,3,5,7-12H2,1-2H3,(H2,28,36)/t14-,15+,19?,27+/m1/s1. The first-order valence-corrected chi connectivity index (χ1v) is 12.6. The van der Waals surface area contributed by atoms with E-state index in [-0.39, 0.29) is 42.6 Å². The van der Waals surface area contributed by atoms with Crippen LogP contribution in [0.2, 0.25) is 0 Å². The van der Waals surface area contributed by atoms with Gasteiger partial charge in [0, 0.05) is 24.3 Å². The molecule has 0 aliphatic heterocycles. The molecule has 1 unspecified atom stereocenters. The fraction of sp³-hybridized carbons (Fsp3) is 0.519. The normalized spacial score (nSPS) is 25.8. The largest absolute Gasteiger partial charge is 0.508 e. The third-order valence-electron chi connectivity index (χ3n) is 7.76. The smallest absolute Gasteiger partial charge is 0.255 e. The summed E-state index contributed by atoms with van der Waals surface area (Å²) in [4.78, 5) is 39.8. The number of aliphatic hydroxyl groups is 4. The van der Waals surface area contributed by atoms with Crippen molar-refractivity contribution in [2.24, 2.45) is 17.6 Å². The average Bonchev–Trinajstić information content (AvgIpc) is 2.83. The molecule has 0 spiro atoms. The summed E-state index contributed by atoms with van der Waals surface area (Å²) in [5, 5.41) is 53.9. The van der Waals surface area contributed by atoms with Crippen LogP contribution < -0.4 is 5.73 Å². The number of fused-ring (bicyclic) bond motifs is 3. The molecule has 4 atom stereocenters. The third-order valence-corrected chi connectivity index (χ3v) is 7.76. The maximum atomic E-state index is 13.5. The lowest BCUT2D eigenvalue weighted by molar-refractivity contribution is -0.147. The van der Waals surface area contributed by atoms with Crippen LogP contribution >= 0.6 is 0 Å². The summed E-state index contributed by atoms with van der Waals surface area (Å²) < 4.78 is 5.47. The maximum Gasteiger partial charge on any atom is 0.255 e. The molecule has 38 heavy (non-hydrogen) atoms.